The van der Waals surface area contributed by atoms with Crippen LogP contribution in [0.4, 0.5) is 0 Å². The van der Waals surface area contributed by atoms with Crippen molar-refractivity contribution < 1.29 is 9.47 Å². The smallest absolute Gasteiger partial charge is 0.189 e. The summed E-state index contributed by atoms with van der Waals surface area (Å²) in [6.45, 7) is 3.12. The molecule has 0 amide bonds. The molecule has 0 bridgehead atoms. The molecule has 1 fully saturated rings. The molecule has 2 rings (SSSR count). The molecule has 3 heteroatoms. The number of rotatable bonds is 6. The zero-order chi connectivity index (χ0) is 11.4. The van der Waals surface area contributed by atoms with E-state index >= 15 is 0 Å². The zero-order valence-electron chi connectivity index (χ0n) is 9.69. The van der Waals surface area contributed by atoms with Crippen molar-refractivity contribution in [2.24, 2.45) is 11.7 Å². The molecule has 16 heavy (non-hydrogen) atoms. The second kappa shape index (κ2) is 5.32. The van der Waals surface area contributed by atoms with Gasteiger partial charge in [-0.05, 0) is 43.4 Å². The van der Waals surface area contributed by atoms with E-state index in [9.17, 15) is 0 Å². The van der Waals surface area contributed by atoms with Gasteiger partial charge in [0.25, 0.3) is 0 Å². The van der Waals surface area contributed by atoms with E-state index in [1.54, 1.807) is 0 Å². The summed E-state index contributed by atoms with van der Waals surface area (Å²) in [6, 6.07) is 7.88. The molecule has 1 aliphatic rings. The van der Waals surface area contributed by atoms with Gasteiger partial charge < -0.3 is 15.2 Å². The van der Waals surface area contributed by atoms with Crippen LogP contribution < -0.4 is 10.5 Å². The Labute approximate surface area is 96.5 Å². The highest BCUT2D eigenvalue weighted by Gasteiger charge is 2.21. The minimum atomic E-state index is 0.0379. The van der Waals surface area contributed by atoms with Gasteiger partial charge in [0.05, 0.1) is 6.61 Å². The van der Waals surface area contributed by atoms with E-state index in [1.807, 2.05) is 31.2 Å². The molecule has 1 atom stereocenters. The summed E-state index contributed by atoms with van der Waals surface area (Å²) in [4.78, 5) is 0. The highest BCUT2D eigenvalue weighted by atomic mass is 16.7. The maximum absolute atomic E-state index is 5.80. The average molecular weight is 221 g/mol. The quantitative estimate of drug-likeness (QED) is 0.593. The Bertz CT molecular complexity index is 334. The highest BCUT2D eigenvalue weighted by Crippen LogP contribution is 2.28. The van der Waals surface area contributed by atoms with Gasteiger partial charge in [0.15, 0.2) is 6.79 Å². The molecule has 1 saturated carbocycles. The van der Waals surface area contributed by atoms with Crippen LogP contribution >= 0.6 is 0 Å². The Morgan fingerprint density at radius 2 is 2.25 bits per heavy atom. The number of nitrogens with two attached hydrogens (primary N) is 1. The molecular weight excluding hydrogens is 202 g/mol. The topological polar surface area (TPSA) is 44.5 Å². The summed E-state index contributed by atoms with van der Waals surface area (Å²) < 4.78 is 10.9. The maximum Gasteiger partial charge on any atom is 0.189 e. The minimum Gasteiger partial charge on any atom is -0.468 e. The maximum atomic E-state index is 5.80. The van der Waals surface area contributed by atoms with Gasteiger partial charge in [-0.25, -0.2) is 0 Å². The van der Waals surface area contributed by atoms with Crippen LogP contribution in [0.2, 0.25) is 0 Å². The lowest BCUT2D eigenvalue weighted by atomic mass is 10.1. The Morgan fingerprint density at radius 1 is 1.44 bits per heavy atom. The molecule has 0 aliphatic heterocycles. The van der Waals surface area contributed by atoms with Crippen molar-refractivity contribution in [3.05, 3.63) is 29.8 Å². The fraction of sp³-hybridized carbons (Fsp3) is 0.538. The van der Waals surface area contributed by atoms with Gasteiger partial charge in [-0.2, -0.15) is 0 Å². The van der Waals surface area contributed by atoms with E-state index in [2.05, 4.69) is 0 Å². The molecule has 0 spiro atoms. The van der Waals surface area contributed by atoms with Gasteiger partial charge in [0.2, 0.25) is 0 Å². The number of hydrogen-bond donors (Lipinski definition) is 1. The first-order chi connectivity index (χ1) is 7.75. The third-order valence-corrected chi connectivity index (χ3v) is 2.74. The van der Waals surface area contributed by atoms with E-state index in [-0.39, 0.29) is 6.04 Å². The summed E-state index contributed by atoms with van der Waals surface area (Å²) in [6.07, 6.45) is 2.61. The van der Waals surface area contributed by atoms with Gasteiger partial charge in [0, 0.05) is 6.04 Å². The number of hydrogen-bond acceptors (Lipinski definition) is 3. The predicted molar refractivity (Wildman–Crippen MR) is 63.2 cm³/mol. The van der Waals surface area contributed by atoms with E-state index in [1.165, 1.54) is 12.8 Å². The second-order valence-electron chi connectivity index (χ2n) is 4.44. The lowest BCUT2D eigenvalue weighted by Crippen LogP contribution is -2.07. The molecule has 0 heterocycles. The molecule has 1 aliphatic carbocycles. The molecule has 0 radical (unpaired) electrons. The lowest BCUT2D eigenvalue weighted by molar-refractivity contribution is 0.00993. The van der Waals surface area contributed by atoms with Crippen LogP contribution in [0.1, 0.15) is 31.4 Å². The van der Waals surface area contributed by atoms with Crippen molar-refractivity contribution in [1.82, 2.24) is 0 Å². The van der Waals surface area contributed by atoms with E-state index in [4.69, 9.17) is 15.2 Å². The molecule has 88 valence electrons. The number of ether oxygens (including phenoxy) is 2. The van der Waals surface area contributed by atoms with Crippen molar-refractivity contribution in [3.8, 4) is 5.75 Å². The fourth-order valence-electron chi connectivity index (χ4n) is 1.50. The predicted octanol–water partition coefficient (Wildman–Crippen LogP) is 2.47. The van der Waals surface area contributed by atoms with Gasteiger partial charge in [-0.3, -0.25) is 0 Å². The summed E-state index contributed by atoms with van der Waals surface area (Å²) in [5, 5.41) is 0. The first-order valence-electron chi connectivity index (χ1n) is 5.82. The van der Waals surface area contributed by atoms with Gasteiger partial charge in [0.1, 0.15) is 5.75 Å². The third-order valence-electron chi connectivity index (χ3n) is 2.74. The summed E-state index contributed by atoms with van der Waals surface area (Å²) in [5.41, 5.74) is 6.88. The van der Waals surface area contributed by atoms with Crippen molar-refractivity contribution in [2.45, 2.75) is 25.8 Å². The third kappa shape index (κ3) is 3.51. The Hall–Kier alpha value is -1.06. The van der Waals surface area contributed by atoms with Crippen LogP contribution in [0.3, 0.4) is 0 Å². The molecular formula is C13H19NO2. The first kappa shape index (κ1) is 11.4. The summed E-state index contributed by atoms with van der Waals surface area (Å²) in [7, 11) is 0. The lowest BCUT2D eigenvalue weighted by Gasteiger charge is -2.10. The summed E-state index contributed by atoms with van der Waals surface area (Å²) in [5.74, 6) is 1.60. The van der Waals surface area contributed by atoms with Crippen LogP contribution in [0.25, 0.3) is 0 Å². The van der Waals surface area contributed by atoms with E-state index in [0.29, 0.717) is 6.79 Å². The van der Waals surface area contributed by atoms with Crippen LogP contribution in [-0.4, -0.2) is 13.4 Å². The second-order valence-corrected chi connectivity index (χ2v) is 4.44. The van der Waals surface area contributed by atoms with E-state index in [0.717, 1.165) is 23.8 Å². The first-order valence-corrected chi connectivity index (χ1v) is 5.82. The summed E-state index contributed by atoms with van der Waals surface area (Å²) >= 11 is 0. The average Bonchev–Trinajstić information content (AvgIpc) is 3.09. The standard InChI is InChI=1S/C13H19NO2/c1-10(14)12-3-2-4-13(7-12)16-9-15-8-11-5-6-11/h2-4,7,10-11H,5-6,8-9,14H2,1H3/t10-/m1/s1. The fourth-order valence-corrected chi connectivity index (χ4v) is 1.50. The normalized spacial score (nSPS) is 17.1. The van der Waals surface area contributed by atoms with Crippen LogP contribution in [0, 0.1) is 5.92 Å². The minimum absolute atomic E-state index is 0.0379. The van der Waals surface area contributed by atoms with Gasteiger partial charge >= 0.3 is 0 Å². The molecule has 0 aromatic heterocycles. The van der Waals surface area contributed by atoms with Gasteiger partial charge in [-0.15, -0.1) is 0 Å². The van der Waals surface area contributed by atoms with Crippen LogP contribution in [0.5, 0.6) is 5.75 Å². The zero-order valence-corrected chi connectivity index (χ0v) is 9.69. The highest BCUT2D eigenvalue weighted by molar-refractivity contribution is 5.29. The largest absolute Gasteiger partial charge is 0.468 e. The van der Waals surface area contributed by atoms with E-state index < -0.39 is 0 Å². The molecule has 0 unspecified atom stereocenters. The Balaban J connectivity index is 1.76. The van der Waals surface area contributed by atoms with Crippen LogP contribution in [0.15, 0.2) is 24.3 Å². The monoisotopic (exact) mass is 221 g/mol. The van der Waals surface area contributed by atoms with Gasteiger partial charge in [-0.1, -0.05) is 12.1 Å². The van der Waals surface area contributed by atoms with Crippen molar-refractivity contribution in [1.29, 1.82) is 0 Å². The van der Waals surface area contributed by atoms with Crippen LogP contribution in [-0.2, 0) is 4.74 Å². The molecule has 3 nitrogen and oxygen atoms in total. The van der Waals surface area contributed by atoms with Crippen molar-refractivity contribution >= 4 is 0 Å². The molecule has 0 saturated heterocycles. The Kier molecular flexibility index (Phi) is 3.80. The molecule has 1 aromatic carbocycles. The number of benzene rings is 1. The van der Waals surface area contributed by atoms with Crippen molar-refractivity contribution in [2.75, 3.05) is 13.4 Å². The van der Waals surface area contributed by atoms with Crippen molar-refractivity contribution in [3.63, 3.8) is 0 Å². The molecule has 1 aromatic rings. The SMILES string of the molecule is C[C@@H](N)c1cccc(OCOCC2CC2)c1. The molecule has 2 N–H and O–H groups in total. The Morgan fingerprint density at radius 3 is 2.94 bits per heavy atom.